The van der Waals surface area contributed by atoms with E-state index in [1.165, 1.54) is 20.8 Å². The molecule has 0 unspecified atom stereocenters. The van der Waals surface area contributed by atoms with E-state index < -0.39 is 17.5 Å². The van der Waals surface area contributed by atoms with Crippen LogP contribution in [0.2, 0.25) is 0 Å². The predicted molar refractivity (Wildman–Crippen MR) is 143 cm³/mol. The number of rotatable bonds is 5. The van der Waals surface area contributed by atoms with E-state index in [0.717, 1.165) is 53.5 Å². The number of aryl methyl sites for hydroxylation is 2. The van der Waals surface area contributed by atoms with E-state index in [9.17, 15) is 18.4 Å². The first-order valence-corrected chi connectivity index (χ1v) is 14.1. The summed E-state index contributed by atoms with van der Waals surface area (Å²) >= 11 is 9.12. The summed E-state index contributed by atoms with van der Waals surface area (Å²) < 4.78 is 30.0. The average molecular weight is 641 g/mol. The summed E-state index contributed by atoms with van der Waals surface area (Å²) in [6, 6.07) is 9.08. The number of thioether (sulfide) groups is 1. The minimum absolute atomic E-state index is 0.101. The SMILES string of the molecule is O=C(CSc1nc2sc3c(c2c(=O)n1-c1ccc(Br)cc1)CCCC3)Nc1c(F)cc(F)cc1Br. The standard InChI is InChI=1S/C24H17Br2F2N3O2S2/c25-12-5-7-14(8-6-12)31-23(33)20-15-3-1-2-4-18(15)35-22(20)30-24(31)34-11-19(32)29-21-16(26)9-13(27)10-17(21)28/h5-10H,1-4,11H2,(H,29,32). The first-order chi connectivity index (χ1) is 16.8. The third-order valence-corrected chi connectivity index (χ3v) is 8.92. The highest BCUT2D eigenvalue weighted by Crippen LogP contribution is 2.35. The lowest BCUT2D eigenvalue weighted by Gasteiger charge is -2.14. The van der Waals surface area contributed by atoms with Gasteiger partial charge in [0.05, 0.1) is 22.5 Å². The van der Waals surface area contributed by atoms with Crippen molar-refractivity contribution in [3.05, 3.63) is 77.8 Å². The number of anilines is 1. The number of amides is 1. The van der Waals surface area contributed by atoms with E-state index in [-0.39, 0.29) is 21.5 Å². The number of halogens is 4. The van der Waals surface area contributed by atoms with Gasteiger partial charge in [-0.05, 0) is 77.5 Å². The lowest BCUT2D eigenvalue weighted by molar-refractivity contribution is -0.113. The van der Waals surface area contributed by atoms with Crippen LogP contribution in [0.15, 0.2) is 55.3 Å². The fourth-order valence-corrected chi connectivity index (χ4v) is 6.95. The van der Waals surface area contributed by atoms with Gasteiger partial charge in [-0.1, -0.05) is 27.7 Å². The van der Waals surface area contributed by atoms with Gasteiger partial charge in [0, 0.05) is 19.9 Å². The molecule has 0 spiro atoms. The quantitative estimate of drug-likeness (QED) is 0.191. The van der Waals surface area contributed by atoms with E-state index in [1.54, 1.807) is 0 Å². The van der Waals surface area contributed by atoms with Gasteiger partial charge in [0.2, 0.25) is 5.91 Å². The van der Waals surface area contributed by atoms with Crippen molar-refractivity contribution < 1.29 is 13.6 Å². The van der Waals surface area contributed by atoms with Crippen molar-refractivity contribution in [3.8, 4) is 5.69 Å². The van der Waals surface area contributed by atoms with Crippen LogP contribution in [0.5, 0.6) is 0 Å². The molecule has 0 saturated heterocycles. The topological polar surface area (TPSA) is 64.0 Å². The van der Waals surface area contributed by atoms with Crippen molar-refractivity contribution >= 4 is 76.8 Å². The molecule has 1 amide bonds. The number of hydrogen-bond acceptors (Lipinski definition) is 5. The highest BCUT2D eigenvalue weighted by atomic mass is 79.9. The number of carbonyl (C=O) groups is 1. The maximum absolute atomic E-state index is 14.1. The molecule has 2 aromatic carbocycles. The van der Waals surface area contributed by atoms with Gasteiger partial charge in [0.1, 0.15) is 10.6 Å². The molecular weight excluding hydrogens is 624 g/mol. The molecule has 1 N–H and O–H groups in total. The Balaban J connectivity index is 1.51. The molecule has 0 bridgehead atoms. The van der Waals surface area contributed by atoms with Gasteiger partial charge >= 0.3 is 0 Å². The van der Waals surface area contributed by atoms with Crippen molar-refractivity contribution in [2.75, 3.05) is 11.1 Å². The van der Waals surface area contributed by atoms with Gasteiger partial charge in [-0.2, -0.15) is 0 Å². The van der Waals surface area contributed by atoms with Crippen molar-refractivity contribution in [2.24, 2.45) is 0 Å². The van der Waals surface area contributed by atoms with Crippen LogP contribution in [0.25, 0.3) is 15.9 Å². The summed E-state index contributed by atoms with van der Waals surface area (Å²) in [5, 5.41) is 3.49. The molecule has 0 aliphatic heterocycles. The molecule has 180 valence electrons. The monoisotopic (exact) mass is 639 g/mol. The Bertz CT molecular complexity index is 1500. The first kappa shape index (κ1) is 24.6. The zero-order chi connectivity index (χ0) is 24.7. The summed E-state index contributed by atoms with van der Waals surface area (Å²) in [7, 11) is 0. The lowest BCUT2D eigenvalue weighted by atomic mass is 9.97. The normalized spacial score (nSPS) is 13.1. The number of hydrogen-bond donors (Lipinski definition) is 1. The van der Waals surface area contributed by atoms with Gasteiger partial charge in [0.25, 0.3) is 5.56 Å². The Morgan fingerprint density at radius 1 is 1.14 bits per heavy atom. The fraction of sp³-hybridized carbons (Fsp3) is 0.208. The van der Waals surface area contributed by atoms with Crippen LogP contribution in [0.3, 0.4) is 0 Å². The Morgan fingerprint density at radius 3 is 2.63 bits per heavy atom. The molecule has 0 fully saturated rings. The number of carbonyl (C=O) groups excluding carboxylic acids is 1. The fourth-order valence-electron chi connectivity index (χ4n) is 4.07. The van der Waals surface area contributed by atoms with E-state index in [0.29, 0.717) is 27.1 Å². The van der Waals surface area contributed by atoms with Crippen molar-refractivity contribution in [1.29, 1.82) is 0 Å². The minimum Gasteiger partial charge on any atom is -0.322 e. The first-order valence-electron chi connectivity index (χ1n) is 10.7. The highest BCUT2D eigenvalue weighted by molar-refractivity contribution is 9.10. The smallest absolute Gasteiger partial charge is 0.267 e. The number of nitrogens with zero attached hydrogens (tertiary/aromatic N) is 2. The Hall–Kier alpha value is -2.08. The second-order valence-corrected chi connectivity index (χ2v) is 11.8. The largest absolute Gasteiger partial charge is 0.322 e. The maximum Gasteiger partial charge on any atom is 0.267 e. The maximum atomic E-state index is 14.1. The third kappa shape index (κ3) is 4.96. The number of thiophene rings is 1. The van der Waals surface area contributed by atoms with Gasteiger partial charge in [0.15, 0.2) is 11.0 Å². The minimum atomic E-state index is -0.884. The van der Waals surface area contributed by atoms with Crippen molar-refractivity contribution in [1.82, 2.24) is 9.55 Å². The second-order valence-electron chi connectivity index (χ2n) is 7.98. The zero-order valence-electron chi connectivity index (χ0n) is 18.0. The predicted octanol–water partition coefficient (Wildman–Crippen LogP) is 6.86. The van der Waals surface area contributed by atoms with Crippen LogP contribution in [0.1, 0.15) is 23.3 Å². The van der Waals surface area contributed by atoms with Crippen LogP contribution < -0.4 is 10.9 Å². The third-order valence-electron chi connectivity index (χ3n) is 5.65. The molecule has 35 heavy (non-hydrogen) atoms. The summed E-state index contributed by atoms with van der Waals surface area (Å²) in [6.07, 6.45) is 3.94. The number of nitrogens with one attached hydrogen (secondary N) is 1. The average Bonchev–Trinajstić information content (AvgIpc) is 3.19. The van der Waals surface area contributed by atoms with Crippen LogP contribution in [0.4, 0.5) is 14.5 Å². The highest BCUT2D eigenvalue weighted by Gasteiger charge is 2.23. The molecule has 4 aromatic rings. The molecule has 0 radical (unpaired) electrons. The van der Waals surface area contributed by atoms with E-state index in [1.807, 2.05) is 24.3 Å². The molecule has 2 aromatic heterocycles. The van der Waals surface area contributed by atoms with Crippen molar-refractivity contribution in [2.45, 2.75) is 30.8 Å². The molecule has 11 heteroatoms. The molecule has 5 nitrogen and oxygen atoms in total. The van der Waals surface area contributed by atoms with E-state index in [2.05, 4.69) is 37.2 Å². The Labute approximate surface area is 224 Å². The molecule has 1 aliphatic rings. The van der Waals surface area contributed by atoms with Crippen molar-refractivity contribution in [3.63, 3.8) is 0 Å². The summed E-state index contributed by atoms with van der Waals surface area (Å²) in [5.74, 6) is -2.27. The molecule has 5 rings (SSSR count). The number of fused-ring (bicyclic) bond motifs is 3. The number of aromatic nitrogens is 2. The van der Waals surface area contributed by atoms with Crippen LogP contribution in [-0.2, 0) is 17.6 Å². The van der Waals surface area contributed by atoms with Gasteiger partial charge in [-0.15, -0.1) is 11.3 Å². The van der Waals surface area contributed by atoms with Gasteiger partial charge < -0.3 is 5.32 Å². The zero-order valence-corrected chi connectivity index (χ0v) is 22.8. The summed E-state index contributed by atoms with van der Waals surface area (Å²) in [6.45, 7) is 0. The summed E-state index contributed by atoms with van der Waals surface area (Å²) in [5.41, 5.74) is 1.42. The van der Waals surface area contributed by atoms with E-state index in [4.69, 9.17) is 4.98 Å². The summed E-state index contributed by atoms with van der Waals surface area (Å²) in [4.78, 5) is 33.0. The van der Waals surface area contributed by atoms with Gasteiger partial charge in [-0.3, -0.25) is 14.2 Å². The van der Waals surface area contributed by atoms with Crippen LogP contribution in [0, 0.1) is 11.6 Å². The number of benzene rings is 2. The van der Waals surface area contributed by atoms with Crippen LogP contribution in [-0.4, -0.2) is 21.2 Å². The van der Waals surface area contributed by atoms with Crippen LogP contribution >= 0.6 is 55.0 Å². The molecular formula is C24H17Br2F2N3O2S2. The van der Waals surface area contributed by atoms with Gasteiger partial charge in [-0.25, -0.2) is 13.8 Å². The lowest BCUT2D eigenvalue weighted by Crippen LogP contribution is -2.23. The molecule has 0 saturated carbocycles. The molecule has 2 heterocycles. The molecule has 0 atom stereocenters. The second kappa shape index (κ2) is 10.1. The Kier molecular flexibility index (Phi) is 7.11. The molecule has 1 aliphatic carbocycles. The Morgan fingerprint density at radius 2 is 1.89 bits per heavy atom. The van der Waals surface area contributed by atoms with E-state index >= 15 is 0 Å².